The van der Waals surface area contributed by atoms with Crippen molar-refractivity contribution in [3.8, 4) is 35.2 Å². The molecule has 4 aliphatic rings. The van der Waals surface area contributed by atoms with Gasteiger partial charge < -0.3 is 24.5 Å². The summed E-state index contributed by atoms with van der Waals surface area (Å²) in [6.45, 7) is 9.80. The van der Waals surface area contributed by atoms with Crippen molar-refractivity contribution in [1.82, 2.24) is 24.8 Å². The molecular weight excluding hydrogens is 718 g/mol. The highest BCUT2D eigenvalue weighted by molar-refractivity contribution is 6.04. The standard InChI is InChI=1S/C44H51F3N6O3/c1-6-31-33(46)12-9-26-20-30(54)21-32(36(26)31)39-38(47)40-37(42(50-39)56-5)41(52-23-28-10-11-29(24-52)53(28)35(55)22-43(2,3)4)49-34(48-40)8-7-15-44(16-17-44)25-51-18-13-27(45)14-19-51/h1,9,12,20-21,27-29,54H,7-8,10-11,13-19,22-25H2,2-5H3. The molecular formula is C44H51F3N6O3. The summed E-state index contributed by atoms with van der Waals surface area (Å²) in [5.74, 6) is 2.05. The molecule has 8 rings (SSSR count). The molecule has 3 saturated heterocycles. The Hall–Kier alpha value is -4.63. The number of benzene rings is 2. The number of halogens is 3. The van der Waals surface area contributed by atoms with Crippen LogP contribution in [0.3, 0.4) is 0 Å². The Morgan fingerprint density at radius 1 is 1.04 bits per heavy atom. The Morgan fingerprint density at radius 2 is 1.75 bits per heavy atom. The number of piperidine rings is 1. The number of phenolic OH excluding ortho intramolecular Hbond substituents is 1. The van der Waals surface area contributed by atoms with E-state index >= 15 is 8.78 Å². The van der Waals surface area contributed by atoms with E-state index in [9.17, 15) is 14.3 Å². The molecule has 1 aliphatic carbocycles. The van der Waals surface area contributed by atoms with Crippen LogP contribution < -0.4 is 9.64 Å². The lowest BCUT2D eigenvalue weighted by atomic mass is 9.91. The molecule has 3 aliphatic heterocycles. The largest absolute Gasteiger partial charge is 0.508 e. The highest BCUT2D eigenvalue weighted by atomic mass is 19.1. The number of fused-ring (bicyclic) bond motifs is 4. The Morgan fingerprint density at radius 3 is 2.39 bits per heavy atom. The summed E-state index contributed by atoms with van der Waals surface area (Å²) in [6, 6.07) is 5.45. The fraction of sp³-hybridized carbons (Fsp3) is 0.545. The molecule has 0 radical (unpaired) electrons. The van der Waals surface area contributed by atoms with Gasteiger partial charge in [0.1, 0.15) is 46.0 Å². The Balaban J connectivity index is 1.19. The first kappa shape index (κ1) is 38.3. The second kappa shape index (κ2) is 14.7. The van der Waals surface area contributed by atoms with Gasteiger partial charge in [-0.15, -0.1) is 6.42 Å². The molecule has 2 aromatic heterocycles. The van der Waals surface area contributed by atoms with Gasteiger partial charge in [-0.1, -0.05) is 32.8 Å². The smallest absolute Gasteiger partial charge is 0.227 e. The van der Waals surface area contributed by atoms with E-state index in [4.69, 9.17) is 21.1 Å². The van der Waals surface area contributed by atoms with Gasteiger partial charge in [0.05, 0.1) is 12.7 Å². The number of methoxy groups -OCH3 is 1. The number of rotatable bonds is 10. The highest BCUT2D eigenvalue weighted by Crippen LogP contribution is 2.51. The van der Waals surface area contributed by atoms with Crippen LogP contribution in [0.1, 0.15) is 89.9 Å². The van der Waals surface area contributed by atoms with Gasteiger partial charge in [0, 0.05) is 68.6 Å². The van der Waals surface area contributed by atoms with E-state index < -0.39 is 17.8 Å². The van der Waals surface area contributed by atoms with Crippen molar-refractivity contribution in [2.45, 2.75) is 103 Å². The van der Waals surface area contributed by atoms with E-state index in [1.165, 1.54) is 31.4 Å². The van der Waals surface area contributed by atoms with Gasteiger partial charge in [0.2, 0.25) is 11.8 Å². The summed E-state index contributed by atoms with van der Waals surface area (Å²) >= 11 is 0. The number of terminal acetylenes is 1. The van der Waals surface area contributed by atoms with Crippen LogP contribution in [-0.4, -0.2) is 93.9 Å². The molecule has 2 unspecified atom stereocenters. The number of piperazine rings is 1. The lowest BCUT2D eigenvalue weighted by Crippen LogP contribution is -2.56. The second-order valence-electron chi connectivity index (χ2n) is 17.8. The van der Waals surface area contributed by atoms with Gasteiger partial charge in [-0.25, -0.2) is 28.1 Å². The Bertz CT molecular complexity index is 2210. The number of hydrogen-bond donors (Lipinski definition) is 1. The summed E-state index contributed by atoms with van der Waals surface area (Å²) in [4.78, 5) is 34.8. The second-order valence-corrected chi connectivity index (χ2v) is 17.8. The molecule has 9 nitrogen and oxygen atoms in total. The van der Waals surface area contributed by atoms with Crippen LogP contribution in [-0.2, 0) is 11.2 Å². The number of aryl methyl sites for hydroxylation is 1. The molecule has 2 aromatic carbocycles. The van der Waals surface area contributed by atoms with Crippen molar-refractivity contribution >= 4 is 33.4 Å². The quantitative estimate of drug-likeness (QED) is 0.163. The summed E-state index contributed by atoms with van der Waals surface area (Å²) in [5, 5.41) is 11.7. The van der Waals surface area contributed by atoms with Crippen molar-refractivity contribution in [1.29, 1.82) is 0 Å². The van der Waals surface area contributed by atoms with Gasteiger partial charge >= 0.3 is 0 Å². The van der Waals surface area contributed by atoms with E-state index in [-0.39, 0.29) is 68.2 Å². The van der Waals surface area contributed by atoms with Gasteiger partial charge in [-0.3, -0.25) is 4.79 Å². The minimum atomic E-state index is -0.762. The maximum Gasteiger partial charge on any atom is 0.227 e. The number of carbonyl (C=O) groups is 1. The van der Waals surface area contributed by atoms with E-state index in [1.807, 2.05) is 0 Å². The zero-order chi connectivity index (χ0) is 39.5. The summed E-state index contributed by atoms with van der Waals surface area (Å²) in [6.07, 6.45) is 13.0. The predicted molar refractivity (Wildman–Crippen MR) is 211 cm³/mol. The van der Waals surface area contributed by atoms with Gasteiger partial charge in [0.25, 0.3) is 0 Å². The molecule has 1 N–H and O–H groups in total. The van der Waals surface area contributed by atoms with Crippen molar-refractivity contribution in [3.63, 3.8) is 0 Å². The number of aromatic nitrogens is 3. The van der Waals surface area contributed by atoms with Gasteiger partial charge in [0.15, 0.2) is 5.82 Å². The Kier molecular flexibility index (Phi) is 10.0. The number of phenols is 1. The lowest BCUT2D eigenvalue weighted by molar-refractivity contribution is -0.136. The molecule has 1 amide bonds. The van der Waals surface area contributed by atoms with E-state index in [0.717, 1.165) is 58.2 Å². The molecule has 296 valence electrons. The van der Waals surface area contributed by atoms with Crippen molar-refractivity contribution in [2.24, 2.45) is 10.8 Å². The van der Waals surface area contributed by atoms with Crippen LogP contribution in [0, 0.1) is 34.8 Å². The minimum absolute atomic E-state index is 0.0100. The van der Waals surface area contributed by atoms with Crippen LogP contribution >= 0.6 is 0 Å². The van der Waals surface area contributed by atoms with E-state index in [1.54, 1.807) is 0 Å². The van der Waals surface area contributed by atoms with E-state index in [0.29, 0.717) is 61.2 Å². The van der Waals surface area contributed by atoms with E-state index in [2.05, 4.69) is 46.4 Å². The Labute approximate surface area is 326 Å². The molecule has 5 heterocycles. The zero-order valence-electron chi connectivity index (χ0n) is 32.8. The van der Waals surface area contributed by atoms with Gasteiger partial charge in [-0.2, -0.15) is 0 Å². The summed E-state index contributed by atoms with van der Waals surface area (Å²) in [7, 11) is 1.45. The number of hydrogen-bond acceptors (Lipinski definition) is 8. The molecule has 12 heteroatoms. The first-order valence-electron chi connectivity index (χ1n) is 20.1. The zero-order valence-corrected chi connectivity index (χ0v) is 32.8. The highest BCUT2D eigenvalue weighted by Gasteiger charge is 2.45. The number of pyridine rings is 1. The van der Waals surface area contributed by atoms with Crippen LogP contribution in [0.2, 0.25) is 0 Å². The van der Waals surface area contributed by atoms with Crippen LogP contribution in [0.5, 0.6) is 11.6 Å². The summed E-state index contributed by atoms with van der Waals surface area (Å²) in [5.41, 5.74) is -0.0698. The molecule has 2 bridgehead atoms. The minimum Gasteiger partial charge on any atom is -0.508 e. The van der Waals surface area contributed by atoms with Gasteiger partial charge in [-0.05, 0) is 85.8 Å². The number of amides is 1. The fourth-order valence-corrected chi connectivity index (χ4v) is 9.44. The number of nitrogens with zero attached hydrogens (tertiary/aromatic N) is 6. The third-order valence-corrected chi connectivity index (χ3v) is 12.3. The molecule has 2 atom stereocenters. The molecule has 4 aromatic rings. The predicted octanol–water partition coefficient (Wildman–Crippen LogP) is 7.97. The average Bonchev–Trinajstić information content (AvgIpc) is 3.86. The monoisotopic (exact) mass is 768 g/mol. The first-order valence-corrected chi connectivity index (χ1v) is 20.1. The molecule has 0 spiro atoms. The number of ether oxygens (including phenoxy) is 1. The topological polar surface area (TPSA) is 94.9 Å². The third-order valence-electron chi connectivity index (χ3n) is 12.3. The first-order chi connectivity index (χ1) is 26.8. The number of aromatic hydroxyl groups is 1. The normalized spacial score (nSPS) is 21.2. The summed E-state index contributed by atoms with van der Waals surface area (Å²) < 4.78 is 52.2. The molecule has 4 fully saturated rings. The number of alkyl halides is 1. The fourth-order valence-electron chi connectivity index (χ4n) is 9.44. The SMILES string of the molecule is C#Cc1c(F)ccc2cc(O)cc(-c3nc(OC)c4c(N5CC6CCC(C5)N6C(=O)CC(C)(C)C)nc(CCCC5(CN6CCC(F)CC6)CC5)nc4c3F)c12. The van der Waals surface area contributed by atoms with Crippen LogP contribution in [0.4, 0.5) is 19.0 Å². The maximum atomic E-state index is 17.4. The number of likely N-dealkylation sites (tertiary alicyclic amines) is 1. The van der Waals surface area contributed by atoms with Crippen LogP contribution in [0.25, 0.3) is 32.9 Å². The average molecular weight is 769 g/mol. The van der Waals surface area contributed by atoms with Crippen molar-refractivity contribution < 1.29 is 27.8 Å². The lowest BCUT2D eigenvalue weighted by Gasteiger charge is -2.42. The van der Waals surface area contributed by atoms with Crippen molar-refractivity contribution in [3.05, 3.63) is 47.3 Å². The van der Waals surface area contributed by atoms with Crippen molar-refractivity contribution in [2.75, 3.05) is 44.7 Å². The van der Waals surface area contributed by atoms with Crippen LogP contribution in [0.15, 0.2) is 24.3 Å². The number of carbonyl (C=O) groups excluding carboxylic acids is 1. The number of anilines is 1. The maximum absolute atomic E-state index is 17.4. The molecule has 56 heavy (non-hydrogen) atoms. The third kappa shape index (κ3) is 7.35. The molecule has 1 saturated carbocycles.